The van der Waals surface area contributed by atoms with Crippen LogP contribution in [-0.2, 0) is 23.1 Å². The van der Waals surface area contributed by atoms with Gasteiger partial charge in [0.1, 0.15) is 23.0 Å². The summed E-state index contributed by atoms with van der Waals surface area (Å²) < 4.78 is 11.7. The molecule has 29 heavy (non-hydrogen) atoms. The van der Waals surface area contributed by atoms with Gasteiger partial charge in [-0.15, -0.1) is 0 Å². The lowest BCUT2D eigenvalue weighted by Gasteiger charge is -2.17. The van der Waals surface area contributed by atoms with Gasteiger partial charge in [-0.3, -0.25) is 9.59 Å². The fourth-order valence-electron chi connectivity index (χ4n) is 2.74. The van der Waals surface area contributed by atoms with Gasteiger partial charge in [0.15, 0.2) is 6.61 Å². The number of aromatic nitrogens is 2. The number of halogens is 2. The number of rotatable bonds is 5. The predicted octanol–water partition coefficient (Wildman–Crippen LogP) is 2.96. The molecule has 8 nitrogen and oxygen atoms in total. The number of esters is 1. The van der Waals surface area contributed by atoms with E-state index in [1.807, 2.05) is 0 Å². The molecule has 0 fully saturated rings. The van der Waals surface area contributed by atoms with Gasteiger partial charge in [0, 0.05) is 20.6 Å². The van der Waals surface area contributed by atoms with Crippen LogP contribution in [0.5, 0.6) is 0 Å². The molecule has 0 saturated carbocycles. The van der Waals surface area contributed by atoms with Gasteiger partial charge >= 0.3 is 5.97 Å². The summed E-state index contributed by atoms with van der Waals surface area (Å²) in [6.07, 6.45) is 1.30. The number of benzene rings is 1. The molecule has 0 N–H and O–H groups in total. The van der Waals surface area contributed by atoms with E-state index in [1.54, 1.807) is 25.2 Å². The number of aryl methyl sites for hydroxylation is 2. The van der Waals surface area contributed by atoms with Gasteiger partial charge in [-0.25, -0.2) is 9.78 Å². The highest BCUT2D eigenvalue weighted by atomic mass is 35.5. The Morgan fingerprint density at radius 2 is 2.00 bits per heavy atom. The molecular formula is C19H17Cl2N3O5. The number of nitrogens with zero attached hydrogens (tertiary/aromatic N) is 3. The lowest BCUT2D eigenvalue weighted by atomic mass is 10.2. The molecule has 3 rings (SSSR count). The molecule has 2 aromatic heterocycles. The van der Waals surface area contributed by atoms with E-state index in [0.717, 1.165) is 5.56 Å². The Kier molecular flexibility index (Phi) is 5.95. The molecular weight excluding hydrogens is 421 g/mol. The van der Waals surface area contributed by atoms with Crippen LogP contribution in [0, 0.1) is 6.92 Å². The zero-order valence-corrected chi connectivity index (χ0v) is 17.4. The second kappa shape index (κ2) is 8.26. The normalized spacial score (nSPS) is 10.9. The lowest BCUT2D eigenvalue weighted by molar-refractivity contribution is -0.133. The summed E-state index contributed by atoms with van der Waals surface area (Å²) in [6.45, 7) is 1.28. The van der Waals surface area contributed by atoms with Crippen molar-refractivity contribution in [2.45, 2.75) is 13.5 Å². The minimum Gasteiger partial charge on any atom is -0.452 e. The van der Waals surface area contributed by atoms with E-state index in [1.165, 1.54) is 29.8 Å². The summed E-state index contributed by atoms with van der Waals surface area (Å²) in [5, 5.41) is 0.824. The van der Waals surface area contributed by atoms with Crippen molar-refractivity contribution < 1.29 is 18.7 Å². The summed E-state index contributed by atoms with van der Waals surface area (Å²) in [5.41, 5.74) is 0.337. The molecule has 152 valence electrons. The molecule has 1 amide bonds. The highest BCUT2D eigenvalue weighted by Gasteiger charge is 2.24. The second-order valence-electron chi connectivity index (χ2n) is 6.45. The first-order valence-electron chi connectivity index (χ1n) is 8.48. The van der Waals surface area contributed by atoms with Crippen molar-refractivity contribution in [1.29, 1.82) is 0 Å². The molecule has 0 spiro atoms. The fraction of sp³-hybridized carbons (Fsp3) is 0.263. The number of amides is 1. The molecule has 0 unspecified atom stereocenters. The van der Waals surface area contributed by atoms with Crippen LogP contribution in [0.3, 0.4) is 0 Å². The Labute approximate surface area is 175 Å². The third-order valence-corrected chi connectivity index (χ3v) is 5.05. The number of hydrogen-bond acceptors (Lipinski definition) is 6. The van der Waals surface area contributed by atoms with E-state index >= 15 is 0 Å². The second-order valence-corrected chi connectivity index (χ2v) is 7.26. The van der Waals surface area contributed by atoms with Crippen molar-refractivity contribution in [3.05, 3.63) is 61.8 Å². The van der Waals surface area contributed by atoms with E-state index in [-0.39, 0.29) is 29.0 Å². The average molecular weight is 438 g/mol. The minimum absolute atomic E-state index is 0.0223. The number of likely N-dealkylation sites (N-methyl/N-ethyl adjacent to an activating group) is 1. The van der Waals surface area contributed by atoms with E-state index in [9.17, 15) is 14.4 Å². The number of ether oxygens (including phenoxy) is 1. The number of furan rings is 1. The van der Waals surface area contributed by atoms with E-state index < -0.39 is 24.0 Å². The topological polar surface area (TPSA) is 94.6 Å². The Morgan fingerprint density at radius 1 is 1.28 bits per heavy atom. The van der Waals surface area contributed by atoms with Crippen molar-refractivity contribution in [3.8, 4) is 0 Å². The van der Waals surface area contributed by atoms with Gasteiger partial charge in [0.2, 0.25) is 5.71 Å². The molecule has 0 radical (unpaired) electrons. The highest BCUT2D eigenvalue weighted by molar-refractivity contribution is 6.42. The van der Waals surface area contributed by atoms with Crippen LogP contribution < -0.4 is 5.56 Å². The fourth-order valence-corrected chi connectivity index (χ4v) is 3.06. The van der Waals surface area contributed by atoms with Crippen molar-refractivity contribution in [1.82, 2.24) is 14.5 Å². The van der Waals surface area contributed by atoms with Gasteiger partial charge in [-0.2, -0.15) is 0 Å². The first kappa shape index (κ1) is 20.9. The zero-order chi connectivity index (χ0) is 21.3. The maximum atomic E-state index is 12.5. The van der Waals surface area contributed by atoms with Gasteiger partial charge in [-0.1, -0.05) is 29.3 Å². The Morgan fingerprint density at radius 3 is 2.69 bits per heavy atom. The standard InChI is InChI=1S/C19H17Cl2N3O5/c1-10-15(16-17(29-10)22-9-24(3)18(16)26)19(27)28-8-14(25)23(2)7-11-4-5-12(20)13(21)6-11/h4-6,9H,7-8H2,1-3H3. The van der Waals surface area contributed by atoms with Gasteiger partial charge < -0.3 is 18.6 Å². The third-order valence-electron chi connectivity index (χ3n) is 4.31. The Balaban J connectivity index is 1.70. The molecule has 1 aromatic carbocycles. The first-order valence-corrected chi connectivity index (χ1v) is 9.24. The maximum absolute atomic E-state index is 12.5. The van der Waals surface area contributed by atoms with Crippen molar-refractivity contribution >= 4 is 46.2 Å². The average Bonchev–Trinajstić information content (AvgIpc) is 3.02. The van der Waals surface area contributed by atoms with Crippen molar-refractivity contribution in [3.63, 3.8) is 0 Å². The smallest absolute Gasteiger partial charge is 0.343 e. The zero-order valence-electron chi connectivity index (χ0n) is 15.9. The highest BCUT2D eigenvalue weighted by Crippen LogP contribution is 2.23. The number of carbonyl (C=O) groups is 2. The summed E-state index contributed by atoms with van der Waals surface area (Å²) in [4.78, 5) is 42.5. The van der Waals surface area contributed by atoms with E-state index in [0.29, 0.717) is 10.0 Å². The number of hydrogen-bond donors (Lipinski definition) is 0. The van der Waals surface area contributed by atoms with Crippen LogP contribution in [0.15, 0.2) is 33.7 Å². The monoisotopic (exact) mass is 437 g/mol. The molecule has 3 aromatic rings. The largest absolute Gasteiger partial charge is 0.452 e. The Hall–Kier alpha value is -2.84. The molecule has 0 aliphatic rings. The number of carbonyl (C=O) groups excluding carboxylic acids is 2. The summed E-state index contributed by atoms with van der Waals surface area (Å²) >= 11 is 11.9. The van der Waals surface area contributed by atoms with Crippen LogP contribution in [-0.4, -0.2) is 40.0 Å². The SMILES string of the molecule is Cc1oc2ncn(C)c(=O)c2c1C(=O)OCC(=O)N(C)Cc1ccc(Cl)c(Cl)c1. The quantitative estimate of drug-likeness (QED) is 0.569. The van der Waals surface area contributed by atoms with Gasteiger partial charge in [0.05, 0.1) is 10.0 Å². The van der Waals surface area contributed by atoms with E-state index in [4.69, 9.17) is 32.4 Å². The molecule has 0 atom stereocenters. The van der Waals surface area contributed by atoms with Crippen LogP contribution >= 0.6 is 23.2 Å². The molecule has 0 saturated heterocycles. The summed E-state index contributed by atoms with van der Waals surface area (Å²) in [6, 6.07) is 5.04. The maximum Gasteiger partial charge on any atom is 0.343 e. The molecule has 0 aliphatic carbocycles. The molecule has 0 bridgehead atoms. The van der Waals surface area contributed by atoms with Crippen LogP contribution in [0.4, 0.5) is 0 Å². The van der Waals surface area contributed by atoms with Crippen LogP contribution in [0.2, 0.25) is 10.0 Å². The van der Waals surface area contributed by atoms with Crippen LogP contribution in [0.1, 0.15) is 21.7 Å². The predicted molar refractivity (Wildman–Crippen MR) is 107 cm³/mol. The van der Waals surface area contributed by atoms with Crippen molar-refractivity contribution in [2.75, 3.05) is 13.7 Å². The van der Waals surface area contributed by atoms with Gasteiger partial charge in [-0.05, 0) is 24.6 Å². The summed E-state index contributed by atoms with van der Waals surface area (Å²) in [7, 11) is 3.07. The number of fused-ring (bicyclic) bond motifs is 1. The lowest BCUT2D eigenvalue weighted by Crippen LogP contribution is -2.31. The Bertz CT molecular complexity index is 1170. The third kappa shape index (κ3) is 4.28. The van der Waals surface area contributed by atoms with E-state index in [2.05, 4.69) is 4.98 Å². The molecule has 2 heterocycles. The van der Waals surface area contributed by atoms with Gasteiger partial charge in [0.25, 0.3) is 11.5 Å². The van der Waals surface area contributed by atoms with Crippen LogP contribution in [0.25, 0.3) is 11.1 Å². The minimum atomic E-state index is -0.831. The van der Waals surface area contributed by atoms with Crippen molar-refractivity contribution in [2.24, 2.45) is 7.05 Å². The summed E-state index contributed by atoms with van der Waals surface area (Å²) in [5.74, 6) is -1.07. The molecule has 10 heteroatoms. The molecule has 0 aliphatic heterocycles. The first-order chi connectivity index (χ1) is 13.7.